The summed E-state index contributed by atoms with van der Waals surface area (Å²) in [5.41, 5.74) is 0.883. The van der Waals surface area contributed by atoms with E-state index in [2.05, 4.69) is 14.9 Å². The third-order valence-corrected chi connectivity index (χ3v) is 6.20. The maximum atomic E-state index is 13.4. The van der Waals surface area contributed by atoms with Crippen LogP contribution in [0.5, 0.6) is 5.75 Å². The summed E-state index contributed by atoms with van der Waals surface area (Å²) in [7, 11) is -4.02. The van der Waals surface area contributed by atoms with E-state index in [9.17, 15) is 17.6 Å². The zero-order valence-corrected chi connectivity index (χ0v) is 17.6. The summed E-state index contributed by atoms with van der Waals surface area (Å²) in [5.74, 6) is 0.136. The number of aromatic nitrogens is 2. The predicted octanol–water partition coefficient (Wildman–Crippen LogP) is 2.81. The lowest BCUT2D eigenvalue weighted by Gasteiger charge is -2.29. The topological polar surface area (TPSA) is 115 Å². The lowest BCUT2D eigenvalue weighted by molar-refractivity contribution is -0.121. The molecule has 4 rings (SSSR count). The molecule has 0 radical (unpaired) electrons. The second-order valence-electron chi connectivity index (χ2n) is 6.93. The minimum Gasteiger partial charge on any atom is -0.482 e. The standard InChI is InChI=1S/C20H19FN4O5S/c1-3-19-22-18(23-30-19)10-25-15-7-12(2)17(9-16(15)29-11-20(25)26)31(27,28)24-14-6-4-5-13(21)8-14/h4-9,24H,3,10-11H2,1-2H3. The summed E-state index contributed by atoms with van der Waals surface area (Å²) in [4.78, 5) is 18.0. The number of benzene rings is 2. The Kier molecular flexibility index (Phi) is 5.36. The number of rotatable bonds is 6. The van der Waals surface area contributed by atoms with Gasteiger partial charge in [-0.25, -0.2) is 12.8 Å². The van der Waals surface area contributed by atoms with Crippen LogP contribution in [0.1, 0.15) is 24.2 Å². The minimum absolute atomic E-state index is 0.0439. The number of hydrogen-bond donors (Lipinski definition) is 1. The highest BCUT2D eigenvalue weighted by molar-refractivity contribution is 7.92. The number of halogens is 1. The lowest BCUT2D eigenvalue weighted by Crippen LogP contribution is -2.38. The Labute approximate surface area is 177 Å². The van der Waals surface area contributed by atoms with E-state index in [0.29, 0.717) is 29.4 Å². The smallest absolute Gasteiger partial charge is 0.265 e. The molecular formula is C20H19FN4O5S. The summed E-state index contributed by atoms with van der Waals surface area (Å²) < 4.78 is 52.1. The highest BCUT2D eigenvalue weighted by Gasteiger charge is 2.30. The molecule has 31 heavy (non-hydrogen) atoms. The summed E-state index contributed by atoms with van der Waals surface area (Å²) in [6, 6.07) is 8.04. The number of aryl methyl sites for hydroxylation is 2. The summed E-state index contributed by atoms with van der Waals surface area (Å²) in [6.07, 6.45) is 0.569. The van der Waals surface area contributed by atoms with Crippen molar-refractivity contribution in [3.8, 4) is 5.75 Å². The van der Waals surface area contributed by atoms with Gasteiger partial charge in [-0.05, 0) is 36.8 Å². The number of anilines is 2. The predicted molar refractivity (Wildman–Crippen MR) is 109 cm³/mol. The van der Waals surface area contributed by atoms with Crippen LogP contribution in [-0.4, -0.2) is 31.1 Å². The van der Waals surface area contributed by atoms with Gasteiger partial charge in [0.25, 0.3) is 15.9 Å². The number of fused-ring (bicyclic) bond motifs is 1. The van der Waals surface area contributed by atoms with Gasteiger partial charge in [0.15, 0.2) is 12.4 Å². The third-order valence-electron chi connectivity index (χ3n) is 4.68. The molecule has 0 saturated carbocycles. The quantitative estimate of drug-likeness (QED) is 0.619. The normalized spacial score (nSPS) is 13.6. The molecule has 0 fully saturated rings. The van der Waals surface area contributed by atoms with Gasteiger partial charge in [-0.2, -0.15) is 4.98 Å². The molecular weight excluding hydrogens is 427 g/mol. The van der Waals surface area contributed by atoms with Gasteiger partial charge in [0.05, 0.1) is 22.8 Å². The highest BCUT2D eigenvalue weighted by Crippen LogP contribution is 2.37. The molecule has 1 aliphatic heterocycles. The minimum atomic E-state index is -4.02. The summed E-state index contributed by atoms with van der Waals surface area (Å²) in [5, 5.41) is 3.86. The largest absolute Gasteiger partial charge is 0.482 e. The Morgan fingerprint density at radius 1 is 1.26 bits per heavy atom. The number of amides is 1. The first kappa shape index (κ1) is 20.8. The second-order valence-corrected chi connectivity index (χ2v) is 8.58. The van der Waals surface area contributed by atoms with Gasteiger partial charge in [0.1, 0.15) is 11.6 Å². The van der Waals surface area contributed by atoms with Gasteiger partial charge in [-0.1, -0.05) is 18.1 Å². The fourth-order valence-corrected chi connectivity index (χ4v) is 4.49. The number of hydrogen-bond acceptors (Lipinski definition) is 7. The number of nitrogens with zero attached hydrogens (tertiary/aromatic N) is 3. The van der Waals surface area contributed by atoms with E-state index in [1.165, 1.54) is 29.2 Å². The molecule has 11 heteroatoms. The highest BCUT2D eigenvalue weighted by atomic mass is 32.2. The molecule has 2 heterocycles. The zero-order valence-electron chi connectivity index (χ0n) is 16.8. The Morgan fingerprint density at radius 2 is 2.06 bits per heavy atom. The Bertz CT molecular complexity index is 1260. The SMILES string of the molecule is CCc1nc(CN2C(=O)COc3cc(S(=O)(=O)Nc4cccc(F)c4)c(C)cc32)no1. The molecule has 2 aromatic carbocycles. The van der Waals surface area contributed by atoms with Gasteiger partial charge in [-0.3, -0.25) is 14.4 Å². The van der Waals surface area contributed by atoms with Crippen molar-refractivity contribution in [2.75, 3.05) is 16.2 Å². The van der Waals surface area contributed by atoms with Crippen LogP contribution < -0.4 is 14.4 Å². The lowest BCUT2D eigenvalue weighted by atomic mass is 10.1. The molecule has 1 N–H and O–H groups in total. The van der Waals surface area contributed by atoms with E-state index in [1.54, 1.807) is 13.0 Å². The first-order valence-corrected chi connectivity index (χ1v) is 10.9. The van der Waals surface area contributed by atoms with Crippen molar-refractivity contribution < 1.29 is 26.9 Å². The van der Waals surface area contributed by atoms with Crippen LogP contribution in [0.4, 0.5) is 15.8 Å². The van der Waals surface area contributed by atoms with Gasteiger partial charge < -0.3 is 9.26 Å². The van der Waals surface area contributed by atoms with Crippen LogP contribution in [0.2, 0.25) is 0 Å². The van der Waals surface area contributed by atoms with Gasteiger partial charge in [0.2, 0.25) is 5.89 Å². The van der Waals surface area contributed by atoms with Crippen LogP contribution in [0.25, 0.3) is 0 Å². The number of nitrogens with one attached hydrogen (secondary N) is 1. The summed E-state index contributed by atoms with van der Waals surface area (Å²) >= 11 is 0. The maximum Gasteiger partial charge on any atom is 0.265 e. The van der Waals surface area contributed by atoms with Crippen molar-refractivity contribution in [3.63, 3.8) is 0 Å². The second kappa shape index (κ2) is 7.99. The molecule has 0 aliphatic carbocycles. The van der Waals surface area contributed by atoms with E-state index in [0.717, 1.165) is 6.07 Å². The maximum absolute atomic E-state index is 13.4. The number of carbonyl (C=O) groups is 1. The molecule has 1 aliphatic rings. The van der Waals surface area contributed by atoms with Crippen LogP contribution in [-0.2, 0) is 27.8 Å². The number of sulfonamides is 1. The van der Waals surface area contributed by atoms with Crippen molar-refractivity contribution >= 4 is 27.3 Å². The molecule has 3 aromatic rings. The first-order valence-electron chi connectivity index (χ1n) is 9.44. The van der Waals surface area contributed by atoms with Gasteiger partial charge >= 0.3 is 0 Å². The van der Waals surface area contributed by atoms with Crippen LogP contribution in [0.15, 0.2) is 45.8 Å². The van der Waals surface area contributed by atoms with Crippen molar-refractivity contribution in [1.82, 2.24) is 10.1 Å². The van der Waals surface area contributed by atoms with Crippen molar-refractivity contribution in [3.05, 3.63) is 59.5 Å². The monoisotopic (exact) mass is 446 g/mol. The zero-order chi connectivity index (χ0) is 22.2. The van der Waals surface area contributed by atoms with Crippen LogP contribution in [0.3, 0.4) is 0 Å². The third kappa shape index (κ3) is 4.22. The Morgan fingerprint density at radius 3 is 2.77 bits per heavy atom. The molecule has 9 nitrogen and oxygen atoms in total. The molecule has 0 bridgehead atoms. The van der Waals surface area contributed by atoms with Crippen molar-refractivity contribution in [1.29, 1.82) is 0 Å². The molecule has 0 saturated heterocycles. The van der Waals surface area contributed by atoms with Gasteiger partial charge in [-0.15, -0.1) is 0 Å². The van der Waals surface area contributed by atoms with Crippen molar-refractivity contribution in [2.24, 2.45) is 0 Å². The molecule has 162 valence electrons. The fourth-order valence-electron chi connectivity index (χ4n) is 3.20. The summed E-state index contributed by atoms with van der Waals surface area (Å²) in [6.45, 7) is 3.27. The van der Waals surface area contributed by atoms with E-state index in [4.69, 9.17) is 9.26 Å². The molecule has 1 aromatic heterocycles. The molecule has 1 amide bonds. The molecule has 0 atom stereocenters. The number of ether oxygens (including phenoxy) is 1. The molecule has 0 unspecified atom stereocenters. The fraction of sp³-hybridized carbons (Fsp3) is 0.250. The van der Waals surface area contributed by atoms with E-state index in [-0.39, 0.29) is 35.4 Å². The van der Waals surface area contributed by atoms with E-state index < -0.39 is 15.8 Å². The number of carbonyl (C=O) groups excluding carboxylic acids is 1. The van der Waals surface area contributed by atoms with Crippen LogP contribution >= 0.6 is 0 Å². The van der Waals surface area contributed by atoms with Crippen molar-refractivity contribution in [2.45, 2.75) is 31.7 Å². The molecule has 0 spiro atoms. The average molecular weight is 446 g/mol. The van der Waals surface area contributed by atoms with Crippen LogP contribution in [0, 0.1) is 12.7 Å². The van der Waals surface area contributed by atoms with Gasteiger partial charge in [0, 0.05) is 12.5 Å². The Hall–Kier alpha value is -3.47. The first-order chi connectivity index (χ1) is 14.8. The average Bonchev–Trinajstić information content (AvgIpc) is 3.17. The van der Waals surface area contributed by atoms with E-state index >= 15 is 0 Å². The Balaban J connectivity index is 1.67. The van der Waals surface area contributed by atoms with E-state index in [1.807, 2.05) is 6.92 Å².